The lowest BCUT2D eigenvalue weighted by Gasteiger charge is -2.15. The summed E-state index contributed by atoms with van der Waals surface area (Å²) >= 11 is 0. The lowest BCUT2D eigenvalue weighted by atomic mass is 9.90. The van der Waals surface area contributed by atoms with Gasteiger partial charge in [0, 0.05) is 17.7 Å². The van der Waals surface area contributed by atoms with E-state index in [-0.39, 0.29) is 11.3 Å². The molecule has 8 nitrogen and oxygen atoms in total. The molecular weight excluding hydrogens is 452 g/mol. The molecule has 0 unspecified atom stereocenters. The van der Waals surface area contributed by atoms with Crippen molar-refractivity contribution in [2.24, 2.45) is 11.1 Å². The number of carbonyl (C=O) groups excluding carboxylic acids is 1. The van der Waals surface area contributed by atoms with E-state index in [0.29, 0.717) is 11.6 Å². The van der Waals surface area contributed by atoms with Crippen LogP contribution in [0.2, 0.25) is 0 Å². The van der Waals surface area contributed by atoms with Crippen LogP contribution < -0.4 is 9.88 Å². The summed E-state index contributed by atoms with van der Waals surface area (Å²) in [5.74, 6) is 5.07. The molecular formula is C22H24N2O6S2. The van der Waals surface area contributed by atoms with E-state index in [1.807, 2.05) is 0 Å². The van der Waals surface area contributed by atoms with E-state index in [2.05, 4.69) is 16.8 Å². The third kappa shape index (κ3) is 5.73. The molecule has 1 aromatic carbocycles. The van der Waals surface area contributed by atoms with Crippen molar-refractivity contribution < 1.29 is 26.4 Å². The summed E-state index contributed by atoms with van der Waals surface area (Å²) in [5, 5.41) is 5.12. The Balaban J connectivity index is 1.85. The number of nitrogens with two attached hydrogens (primary N) is 1. The van der Waals surface area contributed by atoms with Gasteiger partial charge in [-0.15, -0.1) is 0 Å². The van der Waals surface area contributed by atoms with E-state index in [1.54, 1.807) is 0 Å². The molecule has 170 valence electrons. The number of sulfonamides is 1. The number of methoxy groups -OCH3 is 1. The number of pyridine rings is 1. The molecule has 0 radical (unpaired) electrons. The first kappa shape index (κ1) is 23.9. The van der Waals surface area contributed by atoms with Crippen LogP contribution >= 0.6 is 0 Å². The smallest absolute Gasteiger partial charge is 0.239 e. The number of Topliss-reactive ketones (excluding diaryl/α,β-unsaturated/α-hetero) is 1. The summed E-state index contributed by atoms with van der Waals surface area (Å²) < 4.78 is 54.3. The van der Waals surface area contributed by atoms with Crippen LogP contribution in [-0.2, 0) is 19.9 Å². The summed E-state index contributed by atoms with van der Waals surface area (Å²) in [6.07, 6.45) is 6.87. The third-order valence-electron chi connectivity index (χ3n) is 5.21. The molecule has 2 N–H and O–H groups in total. The van der Waals surface area contributed by atoms with Crippen LogP contribution in [0.25, 0.3) is 0 Å². The number of sulfone groups is 1. The van der Waals surface area contributed by atoms with Crippen molar-refractivity contribution in [2.45, 2.75) is 41.9 Å². The molecule has 32 heavy (non-hydrogen) atoms. The maximum atomic E-state index is 12.8. The van der Waals surface area contributed by atoms with Gasteiger partial charge in [-0.25, -0.2) is 27.0 Å². The highest BCUT2D eigenvalue weighted by Crippen LogP contribution is 2.25. The van der Waals surface area contributed by atoms with Crippen molar-refractivity contribution in [1.82, 2.24) is 4.98 Å². The number of primary sulfonamides is 1. The number of hydrogen-bond donors (Lipinski definition) is 1. The monoisotopic (exact) mass is 476 g/mol. The Bertz CT molecular complexity index is 1290. The summed E-state index contributed by atoms with van der Waals surface area (Å²) in [4.78, 5) is 15.8. The predicted octanol–water partition coefficient (Wildman–Crippen LogP) is 2.33. The number of ketones is 1. The second-order valence-corrected chi connectivity index (χ2v) is 11.0. The van der Waals surface area contributed by atoms with Crippen molar-refractivity contribution >= 4 is 25.6 Å². The van der Waals surface area contributed by atoms with Gasteiger partial charge in [0.25, 0.3) is 0 Å². The van der Waals surface area contributed by atoms with Crippen molar-refractivity contribution in [3.8, 4) is 17.6 Å². The fraction of sp³-hybridized carbons (Fsp3) is 0.364. The SMILES string of the molecule is COc1cc(C(=O)CS(=O)(=O)c2ccccc2S(N)(=O)=O)cnc1C#CC1CCCCC1. The number of rotatable bonds is 6. The van der Waals surface area contributed by atoms with Crippen molar-refractivity contribution in [2.75, 3.05) is 12.9 Å². The molecule has 0 saturated heterocycles. The van der Waals surface area contributed by atoms with Crippen molar-refractivity contribution in [3.63, 3.8) is 0 Å². The molecule has 1 aromatic heterocycles. The molecule has 10 heteroatoms. The van der Waals surface area contributed by atoms with Gasteiger partial charge in [-0.1, -0.05) is 37.3 Å². The highest BCUT2D eigenvalue weighted by molar-refractivity contribution is 7.94. The van der Waals surface area contributed by atoms with Gasteiger partial charge in [0.1, 0.15) is 10.6 Å². The van der Waals surface area contributed by atoms with Gasteiger partial charge in [0.15, 0.2) is 27.1 Å². The second-order valence-electron chi connectivity index (χ2n) is 7.55. The average Bonchev–Trinajstić information content (AvgIpc) is 2.77. The van der Waals surface area contributed by atoms with E-state index in [4.69, 9.17) is 9.88 Å². The third-order valence-corrected chi connectivity index (χ3v) is 7.97. The fourth-order valence-electron chi connectivity index (χ4n) is 3.54. The Morgan fingerprint density at radius 1 is 1.12 bits per heavy atom. The van der Waals surface area contributed by atoms with Gasteiger partial charge in [0.05, 0.1) is 12.0 Å². The lowest BCUT2D eigenvalue weighted by Crippen LogP contribution is -2.21. The molecule has 1 aliphatic carbocycles. The number of ether oxygens (including phenoxy) is 1. The van der Waals surface area contributed by atoms with E-state index < -0.39 is 41.2 Å². The minimum Gasteiger partial charge on any atom is -0.494 e. The minimum atomic E-state index is -4.29. The summed E-state index contributed by atoms with van der Waals surface area (Å²) in [6, 6.07) is 6.28. The Labute approximate surface area is 188 Å². The average molecular weight is 477 g/mol. The Morgan fingerprint density at radius 2 is 1.78 bits per heavy atom. The van der Waals surface area contributed by atoms with E-state index in [9.17, 15) is 21.6 Å². The number of carbonyl (C=O) groups is 1. The van der Waals surface area contributed by atoms with Gasteiger partial charge in [-0.2, -0.15) is 0 Å². The van der Waals surface area contributed by atoms with Crippen molar-refractivity contribution in [1.29, 1.82) is 0 Å². The predicted molar refractivity (Wildman–Crippen MR) is 118 cm³/mol. The topological polar surface area (TPSA) is 133 Å². The number of benzene rings is 1. The molecule has 0 bridgehead atoms. The van der Waals surface area contributed by atoms with Crippen LogP contribution in [0.5, 0.6) is 5.75 Å². The van der Waals surface area contributed by atoms with E-state index >= 15 is 0 Å². The van der Waals surface area contributed by atoms with Crippen LogP contribution in [0.15, 0.2) is 46.3 Å². The normalized spacial score (nSPS) is 14.9. The Hall–Kier alpha value is -2.74. The standard InChI is InChI=1S/C22H24N2O6S2/c1-30-20-13-17(14-24-18(20)12-11-16-7-3-2-4-8-16)19(25)15-31(26,27)21-9-5-6-10-22(21)32(23,28)29/h5-6,9-10,13-14,16H,2-4,7-8,15H2,1H3,(H2,23,28,29). The van der Waals surface area contributed by atoms with Gasteiger partial charge in [-0.3, -0.25) is 4.79 Å². The molecule has 0 amide bonds. The molecule has 1 heterocycles. The second kappa shape index (κ2) is 9.81. The molecule has 3 rings (SSSR count). The minimum absolute atomic E-state index is 0.0155. The Morgan fingerprint density at radius 3 is 2.41 bits per heavy atom. The number of nitrogens with zero attached hydrogens (tertiary/aromatic N) is 1. The summed E-state index contributed by atoms with van der Waals surface area (Å²) in [7, 11) is -7.16. The van der Waals surface area contributed by atoms with Gasteiger partial charge in [-0.05, 0) is 37.0 Å². The first-order chi connectivity index (χ1) is 15.1. The van der Waals surface area contributed by atoms with Crippen LogP contribution in [0, 0.1) is 17.8 Å². The van der Waals surface area contributed by atoms with Crippen LogP contribution in [0.4, 0.5) is 0 Å². The fourth-order valence-corrected chi connectivity index (χ4v) is 6.21. The maximum Gasteiger partial charge on any atom is 0.239 e. The zero-order chi connectivity index (χ0) is 23.4. The van der Waals surface area contributed by atoms with Gasteiger partial charge < -0.3 is 4.74 Å². The molecule has 2 aromatic rings. The van der Waals surface area contributed by atoms with Gasteiger partial charge >= 0.3 is 0 Å². The molecule has 0 spiro atoms. The summed E-state index contributed by atoms with van der Waals surface area (Å²) in [5.41, 5.74) is 0.388. The zero-order valence-electron chi connectivity index (χ0n) is 17.6. The molecule has 0 atom stereocenters. The molecule has 0 aliphatic heterocycles. The number of aromatic nitrogens is 1. The maximum absolute atomic E-state index is 12.8. The quantitative estimate of drug-likeness (QED) is 0.499. The largest absolute Gasteiger partial charge is 0.494 e. The number of hydrogen-bond acceptors (Lipinski definition) is 7. The van der Waals surface area contributed by atoms with Crippen LogP contribution in [0.1, 0.15) is 48.2 Å². The lowest BCUT2D eigenvalue weighted by molar-refractivity contribution is 0.102. The summed E-state index contributed by atoms with van der Waals surface area (Å²) in [6.45, 7) is 0. The first-order valence-electron chi connectivity index (χ1n) is 10.0. The van der Waals surface area contributed by atoms with E-state index in [1.165, 1.54) is 37.9 Å². The highest BCUT2D eigenvalue weighted by Gasteiger charge is 2.27. The molecule has 1 saturated carbocycles. The van der Waals surface area contributed by atoms with Crippen LogP contribution in [-0.4, -0.2) is 40.5 Å². The first-order valence-corrected chi connectivity index (χ1v) is 13.2. The van der Waals surface area contributed by atoms with Gasteiger partial charge in [0.2, 0.25) is 10.0 Å². The van der Waals surface area contributed by atoms with Crippen LogP contribution in [0.3, 0.4) is 0 Å². The highest BCUT2D eigenvalue weighted by atomic mass is 32.2. The van der Waals surface area contributed by atoms with Crippen molar-refractivity contribution in [3.05, 3.63) is 47.8 Å². The zero-order valence-corrected chi connectivity index (χ0v) is 19.2. The Kier molecular flexibility index (Phi) is 7.33. The molecule has 1 fully saturated rings. The van der Waals surface area contributed by atoms with E-state index in [0.717, 1.165) is 37.8 Å². The molecule has 1 aliphatic rings.